The van der Waals surface area contributed by atoms with E-state index in [4.69, 9.17) is 22.3 Å². The van der Waals surface area contributed by atoms with Crippen LogP contribution in [-0.4, -0.2) is 24.8 Å². The third-order valence-corrected chi connectivity index (χ3v) is 5.82. The molecule has 5 nitrogen and oxygen atoms in total. The lowest BCUT2D eigenvalue weighted by Crippen LogP contribution is -2.49. The molecule has 27 heavy (non-hydrogen) atoms. The Labute approximate surface area is 164 Å². The van der Waals surface area contributed by atoms with Crippen LogP contribution < -0.4 is 16.4 Å². The number of fused-ring (bicyclic) bond motifs is 1. The highest BCUT2D eigenvalue weighted by atomic mass is 35.5. The van der Waals surface area contributed by atoms with Crippen LogP contribution in [0.2, 0.25) is 5.02 Å². The summed E-state index contributed by atoms with van der Waals surface area (Å²) < 4.78 is 0. The number of nitrogens with zero attached hydrogens (tertiary/aromatic N) is 1. The van der Waals surface area contributed by atoms with E-state index in [0.717, 1.165) is 60.0 Å². The molecular formula is C21H23ClN4O. The van der Waals surface area contributed by atoms with E-state index in [0.29, 0.717) is 12.1 Å². The van der Waals surface area contributed by atoms with E-state index >= 15 is 0 Å². The zero-order valence-corrected chi connectivity index (χ0v) is 15.9. The van der Waals surface area contributed by atoms with Gasteiger partial charge < -0.3 is 16.4 Å². The molecule has 2 aliphatic rings. The summed E-state index contributed by atoms with van der Waals surface area (Å²) in [5.41, 5.74) is 9.15. The Morgan fingerprint density at radius 1 is 1.19 bits per heavy atom. The number of rotatable bonds is 3. The largest absolute Gasteiger partial charge is 0.366 e. The monoisotopic (exact) mass is 382 g/mol. The number of hydrogen-bond donors (Lipinski definition) is 3. The zero-order chi connectivity index (χ0) is 18.9. The molecule has 0 aliphatic carbocycles. The van der Waals surface area contributed by atoms with Crippen molar-refractivity contribution in [3.8, 4) is 0 Å². The molecule has 0 unspecified atom stereocenters. The van der Waals surface area contributed by atoms with E-state index in [1.165, 1.54) is 0 Å². The number of benzene rings is 2. The van der Waals surface area contributed by atoms with Crippen molar-refractivity contribution in [1.29, 1.82) is 0 Å². The summed E-state index contributed by atoms with van der Waals surface area (Å²) in [6.45, 7) is 2.45. The second-order valence-electron chi connectivity index (χ2n) is 7.32. The van der Waals surface area contributed by atoms with Gasteiger partial charge in [-0.05, 0) is 67.7 Å². The topological polar surface area (TPSA) is 79.5 Å². The van der Waals surface area contributed by atoms with Crippen LogP contribution in [0.4, 0.5) is 5.69 Å². The van der Waals surface area contributed by atoms with Crippen LogP contribution >= 0.6 is 11.6 Å². The first-order valence-corrected chi connectivity index (χ1v) is 9.64. The maximum absolute atomic E-state index is 11.9. The second kappa shape index (κ2) is 7.33. The van der Waals surface area contributed by atoms with Crippen molar-refractivity contribution in [2.75, 3.05) is 18.4 Å². The predicted octanol–water partition coefficient (Wildman–Crippen LogP) is 3.38. The Morgan fingerprint density at radius 2 is 1.96 bits per heavy atom. The number of amidine groups is 1. The lowest BCUT2D eigenvalue weighted by Gasteiger charge is -2.43. The summed E-state index contributed by atoms with van der Waals surface area (Å²) in [5.74, 6) is 0.621. The van der Waals surface area contributed by atoms with Crippen molar-refractivity contribution in [2.45, 2.75) is 25.8 Å². The van der Waals surface area contributed by atoms with E-state index in [2.05, 4.69) is 10.6 Å². The minimum atomic E-state index is -0.378. The molecule has 0 atom stereocenters. The fraction of sp³-hybridized carbons (Fsp3) is 0.333. The second-order valence-corrected chi connectivity index (χ2v) is 7.76. The normalized spacial score (nSPS) is 19.5. The number of carbonyl (C=O) groups is 1. The van der Waals surface area contributed by atoms with Gasteiger partial charge in [-0.25, -0.2) is 0 Å². The molecule has 0 aromatic heterocycles. The molecule has 1 spiro atoms. The molecule has 1 amide bonds. The van der Waals surface area contributed by atoms with Gasteiger partial charge in [-0.15, -0.1) is 0 Å². The number of primary amides is 1. The number of nitrogens with two attached hydrogens (primary N) is 1. The molecule has 0 saturated carbocycles. The first-order chi connectivity index (χ1) is 13.1. The van der Waals surface area contributed by atoms with Gasteiger partial charge in [0.05, 0.1) is 6.54 Å². The molecule has 4 N–H and O–H groups in total. The molecule has 1 fully saturated rings. The zero-order valence-electron chi connectivity index (χ0n) is 15.1. The maximum atomic E-state index is 11.9. The molecule has 4 rings (SSSR count). The van der Waals surface area contributed by atoms with Crippen LogP contribution in [0, 0.1) is 5.41 Å². The number of carbonyl (C=O) groups excluding carboxylic acids is 1. The summed E-state index contributed by atoms with van der Waals surface area (Å²) >= 11 is 6.11. The van der Waals surface area contributed by atoms with E-state index in [1.807, 2.05) is 42.5 Å². The van der Waals surface area contributed by atoms with Crippen LogP contribution in [0.3, 0.4) is 0 Å². The van der Waals surface area contributed by atoms with E-state index < -0.39 is 0 Å². The van der Waals surface area contributed by atoms with Crippen LogP contribution in [-0.2, 0) is 13.0 Å². The van der Waals surface area contributed by atoms with E-state index in [9.17, 15) is 4.79 Å². The molecule has 6 heteroatoms. The van der Waals surface area contributed by atoms with Crippen molar-refractivity contribution in [1.82, 2.24) is 5.32 Å². The minimum Gasteiger partial charge on any atom is -0.366 e. The van der Waals surface area contributed by atoms with Gasteiger partial charge in [-0.3, -0.25) is 9.79 Å². The first-order valence-electron chi connectivity index (χ1n) is 9.26. The Bertz CT molecular complexity index is 903. The Morgan fingerprint density at radius 3 is 2.70 bits per heavy atom. The lowest BCUT2D eigenvalue weighted by atomic mass is 9.70. The van der Waals surface area contributed by atoms with Crippen molar-refractivity contribution < 1.29 is 4.79 Å². The Kier molecular flexibility index (Phi) is 4.89. The van der Waals surface area contributed by atoms with Gasteiger partial charge in [-0.2, -0.15) is 0 Å². The average Bonchev–Trinajstić information content (AvgIpc) is 2.66. The quantitative estimate of drug-likeness (QED) is 0.761. The molecular weight excluding hydrogens is 360 g/mol. The van der Waals surface area contributed by atoms with Crippen molar-refractivity contribution >= 4 is 29.0 Å². The Hall–Kier alpha value is -2.37. The number of halogens is 1. The molecule has 2 aromatic carbocycles. The van der Waals surface area contributed by atoms with Crippen LogP contribution in [0.15, 0.2) is 47.5 Å². The molecule has 1 saturated heterocycles. The minimum absolute atomic E-state index is 0.0949. The third kappa shape index (κ3) is 3.57. The van der Waals surface area contributed by atoms with Crippen molar-refractivity contribution in [3.63, 3.8) is 0 Å². The number of aliphatic imine (C=N–C) groups is 1. The molecule has 0 radical (unpaired) electrons. The summed E-state index contributed by atoms with van der Waals surface area (Å²) in [5, 5.41) is 7.67. The third-order valence-electron chi connectivity index (χ3n) is 5.58. The fourth-order valence-electron chi connectivity index (χ4n) is 4.14. The summed E-state index contributed by atoms with van der Waals surface area (Å²) in [7, 11) is 0. The predicted molar refractivity (Wildman–Crippen MR) is 109 cm³/mol. The number of piperidine rings is 1. The summed E-state index contributed by atoms with van der Waals surface area (Å²) in [6.07, 6.45) is 2.73. The van der Waals surface area contributed by atoms with Gasteiger partial charge in [0.2, 0.25) is 5.91 Å². The molecule has 2 aliphatic heterocycles. The average molecular weight is 383 g/mol. The van der Waals surface area contributed by atoms with Gasteiger partial charge in [0, 0.05) is 21.7 Å². The summed E-state index contributed by atoms with van der Waals surface area (Å²) in [6, 6.07) is 13.5. The number of amides is 1. The number of nitrogens with one attached hydrogen (secondary N) is 2. The first kappa shape index (κ1) is 18.0. The highest BCUT2D eigenvalue weighted by molar-refractivity contribution is 6.30. The van der Waals surface area contributed by atoms with Crippen molar-refractivity contribution in [3.05, 3.63) is 64.2 Å². The van der Waals surface area contributed by atoms with E-state index in [-0.39, 0.29) is 11.3 Å². The Balaban J connectivity index is 1.72. The maximum Gasteiger partial charge on any atom is 0.249 e. The molecule has 140 valence electrons. The van der Waals surface area contributed by atoms with Gasteiger partial charge in [0.15, 0.2) is 0 Å². The van der Waals surface area contributed by atoms with E-state index in [1.54, 1.807) is 0 Å². The molecule has 2 heterocycles. The highest BCUT2D eigenvalue weighted by Gasteiger charge is 2.42. The van der Waals surface area contributed by atoms with Crippen LogP contribution in [0.1, 0.15) is 34.3 Å². The van der Waals surface area contributed by atoms with Crippen molar-refractivity contribution in [2.24, 2.45) is 16.1 Å². The lowest BCUT2D eigenvalue weighted by molar-refractivity contribution is 0.0999. The van der Waals surface area contributed by atoms with Gasteiger partial charge in [0.1, 0.15) is 5.84 Å². The van der Waals surface area contributed by atoms with Gasteiger partial charge >= 0.3 is 0 Å². The summed E-state index contributed by atoms with van der Waals surface area (Å²) in [4.78, 5) is 16.9. The molecule has 2 aromatic rings. The number of hydrogen-bond acceptors (Lipinski definition) is 3. The fourth-order valence-corrected chi connectivity index (χ4v) is 4.35. The highest BCUT2D eigenvalue weighted by Crippen LogP contribution is 2.42. The molecule has 0 bridgehead atoms. The van der Waals surface area contributed by atoms with Gasteiger partial charge in [0.25, 0.3) is 0 Å². The van der Waals surface area contributed by atoms with Crippen LogP contribution in [0.5, 0.6) is 0 Å². The van der Waals surface area contributed by atoms with Gasteiger partial charge in [-0.1, -0.05) is 29.8 Å². The standard InChI is InChI=1S/C21H23ClN4O/c22-15-4-1-3-14(11-15)13-25-20-21(7-9-24-10-8-21)12-17-16(19(23)27)5-2-6-18(17)26-20/h1-6,11,24H,7-10,12-13H2,(H2,23,27)(H,25,26). The van der Waals surface area contributed by atoms with Crippen LogP contribution in [0.25, 0.3) is 0 Å². The smallest absolute Gasteiger partial charge is 0.249 e. The SMILES string of the molecule is NC(=O)c1cccc2c1CC1(CCNCC1)C(=NCc1cccc(Cl)c1)N2. The number of anilines is 1.